The number of ether oxygens (including phenoxy) is 1. The predicted molar refractivity (Wildman–Crippen MR) is 50.7 cm³/mol. The maximum atomic E-state index is 8.98. The van der Waals surface area contributed by atoms with E-state index < -0.39 is 0 Å². The lowest BCUT2D eigenvalue weighted by atomic mass is 10.2. The van der Waals surface area contributed by atoms with Gasteiger partial charge in [-0.15, -0.1) is 11.8 Å². The molecule has 0 aliphatic carbocycles. The van der Waals surface area contributed by atoms with Crippen LogP contribution in [-0.2, 0) is 6.61 Å². The van der Waals surface area contributed by atoms with Gasteiger partial charge in [0.2, 0.25) is 0 Å². The van der Waals surface area contributed by atoms with Gasteiger partial charge in [0.25, 0.3) is 0 Å². The number of aliphatic hydroxyl groups excluding tert-OH is 1. The van der Waals surface area contributed by atoms with Crippen molar-refractivity contribution in [2.45, 2.75) is 11.5 Å². The van der Waals surface area contributed by atoms with Crippen molar-refractivity contribution in [3.63, 3.8) is 0 Å². The normalized spacial score (nSPS) is 9.92. The minimum absolute atomic E-state index is 0.0254. The molecule has 0 spiro atoms. The fourth-order valence-corrected chi connectivity index (χ4v) is 1.47. The van der Waals surface area contributed by atoms with Gasteiger partial charge in [-0.3, -0.25) is 0 Å². The Morgan fingerprint density at radius 1 is 1.50 bits per heavy atom. The summed E-state index contributed by atoms with van der Waals surface area (Å²) in [6.45, 7) is 0.0254. The molecule has 66 valence electrons. The number of methoxy groups -OCH3 is 1. The predicted octanol–water partition coefficient (Wildman–Crippen LogP) is 1.91. The van der Waals surface area contributed by atoms with Crippen molar-refractivity contribution in [2.24, 2.45) is 0 Å². The first-order valence-electron chi connectivity index (χ1n) is 3.63. The van der Waals surface area contributed by atoms with Crippen LogP contribution in [0.3, 0.4) is 0 Å². The molecule has 1 N–H and O–H groups in total. The van der Waals surface area contributed by atoms with Gasteiger partial charge in [-0.1, -0.05) is 0 Å². The molecule has 1 aromatic carbocycles. The van der Waals surface area contributed by atoms with E-state index in [0.717, 1.165) is 16.2 Å². The fourth-order valence-electron chi connectivity index (χ4n) is 1.01. The van der Waals surface area contributed by atoms with E-state index in [1.54, 1.807) is 18.9 Å². The molecule has 0 aliphatic heterocycles. The number of thioether (sulfide) groups is 1. The molecular formula is C9H12O2S. The van der Waals surface area contributed by atoms with E-state index in [1.165, 1.54) is 0 Å². The van der Waals surface area contributed by atoms with Crippen LogP contribution in [0, 0.1) is 0 Å². The lowest BCUT2D eigenvalue weighted by Gasteiger charge is -2.06. The average molecular weight is 184 g/mol. The monoisotopic (exact) mass is 184 g/mol. The number of hydrogen-bond acceptors (Lipinski definition) is 3. The molecule has 1 aromatic rings. The third kappa shape index (κ3) is 1.93. The van der Waals surface area contributed by atoms with Crippen molar-refractivity contribution in [1.82, 2.24) is 0 Å². The molecule has 0 atom stereocenters. The zero-order chi connectivity index (χ0) is 8.97. The maximum Gasteiger partial charge on any atom is 0.124 e. The Morgan fingerprint density at radius 3 is 2.75 bits per heavy atom. The van der Waals surface area contributed by atoms with Gasteiger partial charge in [-0.05, 0) is 24.5 Å². The third-order valence-corrected chi connectivity index (χ3v) is 2.38. The molecule has 0 saturated carbocycles. The van der Waals surface area contributed by atoms with Crippen molar-refractivity contribution in [1.29, 1.82) is 0 Å². The summed E-state index contributed by atoms with van der Waals surface area (Å²) < 4.78 is 5.07. The van der Waals surface area contributed by atoms with Gasteiger partial charge in [-0.2, -0.15) is 0 Å². The summed E-state index contributed by atoms with van der Waals surface area (Å²) in [5.74, 6) is 0.746. The molecule has 0 fully saturated rings. The number of aliphatic hydroxyl groups is 1. The number of hydrogen-bond donors (Lipinski definition) is 1. The van der Waals surface area contributed by atoms with Crippen molar-refractivity contribution < 1.29 is 9.84 Å². The molecule has 1 rings (SSSR count). The minimum Gasteiger partial charge on any atom is -0.496 e. The van der Waals surface area contributed by atoms with Gasteiger partial charge < -0.3 is 9.84 Å². The summed E-state index contributed by atoms with van der Waals surface area (Å²) in [7, 11) is 1.60. The molecule has 0 heterocycles. The quantitative estimate of drug-likeness (QED) is 0.728. The largest absolute Gasteiger partial charge is 0.496 e. The first-order chi connectivity index (χ1) is 5.81. The second kappa shape index (κ2) is 4.38. The van der Waals surface area contributed by atoms with Crippen molar-refractivity contribution in [3.05, 3.63) is 23.8 Å². The van der Waals surface area contributed by atoms with Crippen LogP contribution < -0.4 is 4.74 Å². The molecule has 2 nitrogen and oxygen atoms in total. The van der Waals surface area contributed by atoms with E-state index >= 15 is 0 Å². The van der Waals surface area contributed by atoms with Crippen LogP contribution in [0.5, 0.6) is 5.75 Å². The SMILES string of the molecule is COc1ccc(SC)cc1CO. The Morgan fingerprint density at radius 2 is 2.25 bits per heavy atom. The Labute approximate surface area is 76.6 Å². The summed E-state index contributed by atoms with van der Waals surface area (Å²) in [5, 5.41) is 8.98. The van der Waals surface area contributed by atoms with Crippen LogP contribution in [0.25, 0.3) is 0 Å². The zero-order valence-electron chi connectivity index (χ0n) is 7.20. The molecule has 0 saturated heterocycles. The summed E-state index contributed by atoms with van der Waals surface area (Å²) in [6, 6.07) is 5.78. The van der Waals surface area contributed by atoms with Crippen LogP contribution >= 0.6 is 11.8 Å². The van der Waals surface area contributed by atoms with Gasteiger partial charge >= 0.3 is 0 Å². The standard InChI is InChI=1S/C9H12O2S/c1-11-9-4-3-8(12-2)5-7(9)6-10/h3-5,10H,6H2,1-2H3. The van der Waals surface area contributed by atoms with Crippen molar-refractivity contribution in [2.75, 3.05) is 13.4 Å². The van der Waals surface area contributed by atoms with E-state index in [4.69, 9.17) is 9.84 Å². The first kappa shape index (κ1) is 9.42. The zero-order valence-corrected chi connectivity index (χ0v) is 8.02. The highest BCUT2D eigenvalue weighted by Crippen LogP contribution is 2.24. The Balaban J connectivity index is 3.02. The molecular weight excluding hydrogens is 172 g/mol. The Hall–Kier alpha value is -0.670. The van der Waals surface area contributed by atoms with Gasteiger partial charge in [0.05, 0.1) is 13.7 Å². The second-order valence-corrected chi connectivity index (χ2v) is 3.22. The molecule has 0 aromatic heterocycles. The highest BCUT2D eigenvalue weighted by Gasteiger charge is 2.01. The Bertz CT molecular complexity index is 261. The smallest absolute Gasteiger partial charge is 0.124 e. The van der Waals surface area contributed by atoms with Crippen LogP contribution in [0.1, 0.15) is 5.56 Å². The summed E-state index contributed by atoms with van der Waals surface area (Å²) in [4.78, 5) is 1.14. The average Bonchev–Trinajstić information content (AvgIpc) is 2.16. The molecule has 0 aliphatic rings. The second-order valence-electron chi connectivity index (χ2n) is 2.34. The van der Waals surface area contributed by atoms with Gasteiger partial charge in [0, 0.05) is 10.5 Å². The van der Waals surface area contributed by atoms with E-state index in [9.17, 15) is 0 Å². The molecule has 0 unspecified atom stereocenters. The first-order valence-corrected chi connectivity index (χ1v) is 4.86. The molecule has 0 bridgehead atoms. The van der Waals surface area contributed by atoms with E-state index in [1.807, 2.05) is 24.5 Å². The van der Waals surface area contributed by atoms with Crippen LogP contribution in [0.4, 0.5) is 0 Å². The van der Waals surface area contributed by atoms with Gasteiger partial charge in [-0.25, -0.2) is 0 Å². The highest BCUT2D eigenvalue weighted by molar-refractivity contribution is 7.98. The van der Waals surface area contributed by atoms with Gasteiger partial charge in [0.1, 0.15) is 5.75 Å². The van der Waals surface area contributed by atoms with Crippen LogP contribution in [-0.4, -0.2) is 18.5 Å². The summed E-state index contributed by atoms with van der Waals surface area (Å²) >= 11 is 1.65. The number of benzene rings is 1. The summed E-state index contributed by atoms with van der Waals surface area (Å²) in [5.41, 5.74) is 0.837. The van der Waals surface area contributed by atoms with Crippen molar-refractivity contribution in [3.8, 4) is 5.75 Å². The molecule has 0 amide bonds. The third-order valence-electron chi connectivity index (χ3n) is 1.66. The van der Waals surface area contributed by atoms with Gasteiger partial charge in [0.15, 0.2) is 0 Å². The van der Waals surface area contributed by atoms with Crippen LogP contribution in [0.15, 0.2) is 23.1 Å². The van der Waals surface area contributed by atoms with E-state index in [2.05, 4.69) is 0 Å². The lowest BCUT2D eigenvalue weighted by molar-refractivity contribution is 0.273. The molecule has 12 heavy (non-hydrogen) atoms. The molecule has 0 radical (unpaired) electrons. The van der Waals surface area contributed by atoms with Crippen molar-refractivity contribution >= 4 is 11.8 Å². The Kier molecular flexibility index (Phi) is 3.44. The van der Waals surface area contributed by atoms with Crippen LogP contribution in [0.2, 0.25) is 0 Å². The molecule has 3 heteroatoms. The lowest BCUT2D eigenvalue weighted by Crippen LogP contribution is -1.91. The topological polar surface area (TPSA) is 29.5 Å². The minimum atomic E-state index is 0.0254. The highest BCUT2D eigenvalue weighted by atomic mass is 32.2. The number of rotatable bonds is 3. The summed E-state index contributed by atoms with van der Waals surface area (Å²) in [6.07, 6.45) is 2.00. The van der Waals surface area contributed by atoms with E-state index in [-0.39, 0.29) is 6.61 Å². The maximum absolute atomic E-state index is 8.98. The van der Waals surface area contributed by atoms with E-state index in [0.29, 0.717) is 0 Å². The fraction of sp³-hybridized carbons (Fsp3) is 0.333.